The average molecular weight is 238 g/mol. The van der Waals surface area contributed by atoms with Gasteiger partial charge in [-0.05, 0) is 31.5 Å². The molecule has 0 saturated heterocycles. The summed E-state index contributed by atoms with van der Waals surface area (Å²) < 4.78 is 4.90. The van der Waals surface area contributed by atoms with Crippen molar-refractivity contribution in [3.05, 3.63) is 34.5 Å². The molecule has 84 valence electrons. The van der Waals surface area contributed by atoms with Gasteiger partial charge in [0.05, 0.1) is 0 Å². The summed E-state index contributed by atoms with van der Waals surface area (Å²) >= 11 is 6.13. The van der Waals surface area contributed by atoms with Crippen LogP contribution in [-0.2, 0) is 9.53 Å². The van der Waals surface area contributed by atoms with Crippen LogP contribution in [0.3, 0.4) is 0 Å². The second-order valence-corrected chi connectivity index (χ2v) is 4.17. The lowest BCUT2D eigenvalue weighted by atomic mass is 10.1. The average Bonchev–Trinajstić information content (AvgIpc) is 2.59. The van der Waals surface area contributed by atoms with E-state index in [9.17, 15) is 4.79 Å². The molecule has 1 heterocycles. The fraction of sp³-hybridized carbons (Fsp3) is 0.250. The molecule has 1 unspecified atom stereocenters. The third kappa shape index (κ3) is 1.78. The number of carbonyl (C=O) groups excluding carboxylic acids is 1. The van der Waals surface area contributed by atoms with E-state index in [1.165, 1.54) is 0 Å². The fourth-order valence-electron chi connectivity index (χ4n) is 1.77. The molecule has 0 aliphatic carbocycles. The summed E-state index contributed by atoms with van der Waals surface area (Å²) in [5.41, 5.74) is 2.96. The summed E-state index contributed by atoms with van der Waals surface area (Å²) in [7, 11) is 0. The normalized spacial score (nSPS) is 12.7. The molecule has 0 bridgehead atoms. The van der Waals surface area contributed by atoms with E-state index in [0.29, 0.717) is 11.5 Å². The van der Waals surface area contributed by atoms with Crippen LogP contribution in [0.5, 0.6) is 0 Å². The van der Waals surface area contributed by atoms with E-state index in [1.807, 2.05) is 25.3 Å². The van der Waals surface area contributed by atoms with Crippen molar-refractivity contribution in [2.45, 2.75) is 20.0 Å². The fourth-order valence-corrected chi connectivity index (χ4v) is 2.08. The van der Waals surface area contributed by atoms with Crippen LogP contribution in [0, 0.1) is 6.92 Å². The Labute approximate surface area is 98.4 Å². The first-order valence-corrected chi connectivity index (χ1v) is 5.37. The van der Waals surface area contributed by atoms with Gasteiger partial charge in [0.1, 0.15) is 6.10 Å². The van der Waals surface area contributed by atoms with Crippen molar-refractivity contribution >= 4 is 29.0 Å². The molecule has 3 nitrogen and oxygen atoms in total. The van der Waals surface area contributed by atoms with Crippen molar-refractivity contribution in [1.82, 2.24) is 4.98 Å². The summed E-state index contributed by atoms with van der Waals surface area (Å²) in [6.07, 6.45) is 1.60. The zero-order valence-corrected chi connectivity index (χ0v) is 9.84. The standard InChI is InChI=1S/C12H12ClNO2/c1-7-5-14-12-4-11(13)10(3-9(7)12)8(2)16-6-15/h3-6,8,14H,1-2H3. The van der Waals surface area contributed by atoms with Crippen LogP contribution >= 0.6 is 11.6 Å². The summed E-state index contributed by atoms with van der Waals surface area (Å²) in [4.78, 5) is 13.4. The van der Waals surface area contributed by atoms with Gasteiger partial charge in [-0.1, -0.05) is 11.6 Å². The van der Waals surface area contributed by atoms with Gasteiger partial charge in [-0.15, -0.1) is 0 Å². The van der Waals surface area contributed by atoms with E-state index < -0.39 is 0 Å². The van der Waals surface area contributed by atoms with E-state index in [-0.39, 0.29) is 6.10 Å². The van der Waals surface area contributed by atoms with E-state index in [2.05, 4.69) is 4.98 Å². The number of halogens is 1. The second kappa shape index (κ2) is 4.18. The lowest BCUT2D eigenvalue weighted by molar-refractivity contribution is -0.133. The Morgan fingerprint density at radius 3 is 2.94 bits per heavy atom. The van der Waals surface area contributed by atoms with E-state index >= 15 is 0 Å². The van der Waals surface area contributed by atoms with Gasteiger partial charge < -0.3 is 9.72 Å². The second-order valence-electron chi connectivity index (χ2n) is 3.77. The first kappa shape index (κ1) is 11.0. The van der Waals surface area contributed by atoms with Gasteiger partial charge in [0.15, 0.2) is 0 Å². The van der Waals surface area contributed by atoms with Gasteiger partial charge in [-0.2, -0.15) is 0 Å². The molecule has 0 aliphatic rings. The van der Waals surface area contributed by atoms with Gasteiger partial charge >= 0.3 is 0 Å². The first-order valence-electron chi connectivity index (χ1n) is 4.99. The molecule has 1 N–H and O–H groups in total. The molecule has 0 radical (unpaired) electrons. The molecule has 1 aromatic carbocycles. The minimum atomic E-state index is -0.330. The number of aryl methyl sites for hydroxylation is 1. The molecule has 0 saturated carbocycles. The van der Waals surface area contributed by atoms with Crippen LogP contribution in [0.25, 0.3) is 10.9 Å². The zero-order valence-electron chi connectivity index (χ0n) is 9.08. The number of nitrogens with one attached hydrogen (secondary N) is 1. The molecule has 0 fully saturated rings. The van der Waals surface area contributed by atoms with Crippen molar-refractivity contribution in [2.75, 3.05) is 0 Å². The van der Waals surface area contributed by atoms with Gasteiger partial charge in [-0.25, -0.2) is 0 Å². The van der Waals surface area contributed by atoms with Crippen LogP contribution < -0.4 is 0 Å². The number of ether oxygens (including phenoxy) is 1. The molecule has 0 amide bonds. The number of H-pyrrole nitrogens is 1. The quantitative estimate of drug-likeness (QED) is 0.832. The van der Waals surface area contributed by atoms with Crippen LogP contribution in [0.15, 0.2) is 18.3 Å². The highest BCUT2D eigenvalue weighted by molar-refractivity contribution is 6.32. The molecule has 2 aromatic rings. The van der Waals surface area contributed by atoms with Gasteiger partial charge in [-0.3, -0.25) is 4.79 Å². The monoisotopic (exact) mass is 237 g/mol. The molecular weight excluding hydrogens is 226 g/mol. The molecule has 4 heteroatoms. The molecule has 0 aliphatic heterocycles. The predicted molar refractivity (Wildman–Crippen MR) is 63.6 cm³/mol. The smallest absolute Gasteiger partial charge is 0.293 e. The van der Waals surface area contributed by atoms with Crippen molar-refractivity contribution in [1.29, 1.82) is 0 Å². The number of aromatic amines is 1. The Morgan fingerprint density at radius 1 is 1.50 bits per heavy atom. The SMILES string of the molecule is Cc1c[nH]c2cc(Cl)c(C(C)OC=O)cc12. The third-order valence-electron chi connectivity index (χ3n) is 2.70. The number of carbonyl (C=O) groups is 1. The number of aromatic nitrogens is 1. The van der Waals surface area contributed by atoms with E-state index in [0.717, 1.165) is 22.0 Å². The Bertz CT molecular complexity index is 533. The van der Waals surface area contributed by atoms with Crippen molar-refractivity contribution in [2.24, 2.45) is 0 Å². The Kier molecular flexibility index (Phi) is 2.88. The van der Waals surface area contributed by atoms with Gasteiger partial charge in [0, 0.05) is 27.7 Å². The zero-order chi connectivity index (χ0) is 11.7. The van der Waals surface area contributed by atoms with Crippen LogP contribution in [-0.4, -0.2) is 11.5 Å². The highest BCUT2D eigenvalue weighted by Crippen LogP contribution is 2.30. The third-order valence-corrected chi connectivity index (χ3v) is 3.03. The first-order chi connectivity index (χ1) is 7.63. The van der Waals surface area contributed by atoms with Gasteiger partial charge in [0.25, 0.3) is 6.47 Å². The minimum absolute atomic E-state index is 0.330. The minimum Gasteiger partial charge on any atom is -0.460 e. The summed E-state index contributed by atoms with van der Waals surface area (Å²) in [6.45, 7) is 4.25. The lowest BCUT2D eigenvalue weighted by Gasteiger charge is -2.12. The molecule has 0 spiro atoms. The van der Waals surface area contributed by atoms with Gasteiger partial charge in [0.2, 0.25) is 0 Å². The topological polar surface area (TPSA) is 42.1 Å². The molecular formula is C12H12ClNO2. The lowest BCUT2D eigenvalue weighted by Crippen LogP contribution is -1.99. The summed E-state index contributed by atoms with van der Waals surface area (Å²) in [5, 5.41) is 1.70. The maximum atomic E-state index is 10.3. The maximum absolute atomic E-state index is 10.3. The largest absolute Gasteiger partial charge is 0.460 e. The van der Waals surface area contributed by atoms with Crippen molar-refractivity contribution < 1.29 is 9.53 Å². The van der Waals surface area contributed by atoms with Crippen molar-refractivity contribution in [3.8, 4) is 0 Å². The summed E-state index contributed by atoms with van der Waals surface area (Å²) in [5.74, 6) is 0. The number of hydrogen-bond donors (Lipinski definition) is 1. The predicted octanol–water partition coefficient (Wildman–Crippen LogP) is 3.36. The number of benzene rings is 1. The maximum Gasteiger partial charge on any atom is 0.293 e. The van der Waals surface area contributed by atoms with E-state index in [4.69, 9.17) is 16.3 Å². The molecule has 2 rings (SSSR count). The van der Waals surface area contributed by atoms with E-state index in [1.54, 1.807) is 6.92 Å². The van der Waals surface area contributed by atoms with Crippen LogP contribution in [0.2, 0.25) is 5.02 Å². The molecule has 1 atom stereocenters. The van der Waals surface area contributed by atoms with Crippen LogP contribution in [0.4, 0.5) is 0 Å². The highest BCUT2D eigenvalue weighted by atomic mass is 35.5. The molecule has 16 heavy (non-hydrogen) atoms. The van der Waals surface area contributed by atoms with Crippen LogP contribution in [0.1, 0.15) is 24.2 Å². The number of hydrogen-bond acceptors (Lipinski definition) is 2. The number of fused-ring (bicyclic) bond motifs is 1. The van der Waals surface area contributed by atoms with Crippen molar-refractivity contribution in [3.63, 3.8) is 0 Å². The Hall–Kier alpha value is -1.48. The summed E-state index contributed by atoms with van der Waals surface area (Å²) in [6, 6.07) is 3.81. The highest BCUT2D eigenvalue weighted by Gasteiger charge is 2.13. The molecule has 1 aromatic heterocycles. The number of rotatable bonds is 3. The Balaban J connectivity index is 2.56. The Morgan fingerprint density at radius 2 is 2.25 bits per heavy atom.